The highest BCUT2D eigenvalue weighted by atomic mass is 35.5. The van der Waals surface area contributed by atoms with Crippen LogP contribution in [0.1, 0.15) is 23.7 Å². The van der Waals surface area contributed by atoms with E-state index >= 15 is 0 Å². The van der Waals surface area contributed by atoms with Crippen LogP contribution in [-0.4, -0.2) is 15.7 Å². The van der Waals surface area contributed by atoms with Gasteiger partial charge in [-0.1, -0.05) is 23.7 Å². The molecule has 6 heteroatoms. The first-order valence-electron chi connectivity index (χ1n) is 7.29. The minimum absolute atomic E-state index is 0.0354. The van der Waals surface area contributed by atoms with Crippen molar-refractivity contribution in [2.45, 2.75) is 12.3 Å². The number of hydrogen-bond donors (Lipinski definition) is 1. The summed E-state index contributed by atoms with van der Waals surface area (Å²) in [5.41, 5.74) is 1.88. The number of furan rings is 1. The van der Waals surface area contributed by atoms with Crippen molar-refractivity contribution < 1.29 is 9.21 Å². The number of amides is 1. The number of aryl methyl sites for hydroxylation is 1. The third-order valence-electron chi connectivity index (χ3n) is 4.07. The summed E-state index contributed by atoms with van der Waals surface area (Å²) >= 11 is 6.03. The van der Waals surface area contributed by atoms with Crippen molar-refractivity contribution >= 4 is 23.3 Å². The average molecular weight is 328 g/mol. The number of carbonyl (C=O) groups is 1. The topological polar surface area (TPSA) is 60.1 Å². The van der Waals surface area contributed by atoms with Gasteiger partial charge in [-0.2, -0.15) is 5.10 Å². The molecule has 5 nitrogen and oxygen atoms in total. The van der Waals surface area contributed by atoms with Gasteiger partial charge in [-0.25, -0.2) is 0 Å². The fourth-order valence-electron chi connectivity index (χ4n) is 2.93. The zero-order valence-electron chi connectivity index (χ0n) is 12.4. The van der Waals surface area contributed by atoms with Crippen LogP contribution in [0.2, 0.25) is 5.02 Å². The van der Waals surface area contributed by atoms with Crippen LogP contribution in [0.25, 0.3) is 11.3 Å². The van der Waals surface area contributed by atoms with Gasteiger partial charge in [0.25, 0.3) is 0 Å². The molecule has 1 aliphatic heterocycles. The Labute approximate surface area is 137 Å². The summed E-state index contributed by atoms with van der Waals surface area (Å²) in [7, 11) is 1.81. The van der Waals surface area contributed by atoms with E-state index in [1.807, 2.05) is 36.4 Å². The van der Waals surface area contributed by atoms with Gasteiger partial charge in [0.15, 0.2) is 0 Å². The van der Waals surface area contributed by atoms with Gasteiger partial charge < -0.3 is 9.73 Å². The molecule has 3 aromatic rings. The lowest BCUT2D eigenvalue weighted by molar-refractivity contribution is -0.116. The number of nitrogens with one attached hydrogen (secondary N) is 1. The van der Waals surface area contributed by atoms with Gasteiger partial charge in [-0.3, -0.25) is 9.48 Å². The zero-order valence-corrected chi connectivity index (χ0v) is 13.2. The molecule has 116 valence electrons. The SMILES string of the molecule is Cn1ncc2c1NC(=O)C[C@@H]2c1ccc(-c2cccc(Cl)c2)o1. The van der Waals surface area contributed by atoms with Crippen LogP contribution in [0.5, 0.6) is 0 Å². The van der Waals surface area contributed by atoms with Gasteiger partial charge in [0.2, 0.25) is 5.91 Å². The van der Waals surface area contributed by atoms with E-state index in [0.717, 1.165) is 28.5 Å². The fraction of sp³-hybridized carbons (Fsp3) is 0.176. The quantitative estimate of drug-likeness (QED) is 0.778. The third kappa shape index (κ3) is 2.43. The van der Waals surface area contributed by atoms with Crippen molar-refractivity contribution in [2.24, 2.45) is 7.05 Å². The lowest BCUT2D eigenvalue weighted by Gasteiger charge is -2.21. The van der Waals surface area contributed by atoms with Gasteiger partial charge in [-0.15, -0.1) is 0 Å². The Bertz CT molecular complexity index is 897. The molecule has 0 saturated carbocycles. The molecule has 2 aromatic heterocycles. The maximum Gasteiger partial charge on any atom is 0.226 e. The fourth-order valence-corrected chi connectivity index (χ4v) is 3.12. The van der Waals surface area contributed by atoms with Crippen molar-refractivity contribution in [1.82, 2.24) is 9.78 Å². The lowest BCUT2D eigenvalue weighted by atomic mass is 9.92. The van der Waals surface area contributed by atoms with Gasteiger partial charge in [-0.05, 0) is 24.3 Å². The molecule has 1 amide bonds. The van der Waals surface area contributed by atoms with Crippen LogP contribution in [0.4, 0.5) is 5.82 Å². The number of carbonyl (C=O) groups excluding carboxylic acids is 1. The first kappa shape index (κ1) is 14.1. The minimum Gasteiger partial charge on any atom is -0.460 e. The number of rotatable bonds is 2. The molecule has 1 aliphatic rings. The predicted molar refractivity (Wildman–Crippen MR) is 87.5 cm³/mol. The molecular formula is C17H14ClN3O2. The third-order valence-corrected chi connectivity index (χ3v) is 4.30. The van der Waals surface area contributed by atoms with Crippen LogP contribution in [0, 0.1) is 0 Å². The summed E-state index contributed by atoms with van der Waals surface area (Å²) in [6.45, 7) is 0. The van der Waals surface area contributed by atoms with Crippen LogP contribution in [0.3, 0.4) is 0 Å². The standard InChI is InChI=1S/C17H14ClN3O2/c1-21-17-13(9-19-21)12(8-16(22)20-17)15-6-5-14(23-15)10-3-2-4-11(18)7-10/h2-7,9,12H,8H2,1H3,(H,20,22)/t12-/m0/s1. The molecule has 0 radical (unpaired) electrons. The lowest BCUT2D eigenvalue weighted by Crippen LogP contribution is -2.24. The predicted octanol–water partition coefficient (Wildman–Crippen LogP) is 3.81. The largest absolute Gasteiger partial charge is 0.460 e. The maximum atomic E-state index is 12.0. The summed E-state index contributed by atoms with van der Waals surface area (Å²) in [5.74, 6) is 2.06. The minimum atomic E-state index is -0.125. The summed E-state index contributed by atoms with van der Waals surface area (Å²) in [5, 5.41) is 7.74. The highest BCUT2D eigenvalue weighted by Crippen LogP contribution is 2.38. The van der Waals surface area contributed by atoms with E-state index < -0.39 is 0 Å². The van der Waals surface area contributed by atoms with E-state index in [9.17, 15) is 4.79 Å². The van der Waals surface area contributed by atoms with Gasteiger partial charge in [0.1, 0.15) is 17.3 Å². The zero-order chi connectivity index (χ0) is 16.0. The molecule has 0 aliphatic carbocycles. The van der Waals surface area contributed by atoms with Crippen molar-refractivity contribution in [2.75, 3.05) is 5.32 Å². The van der Waals surface area contributed by atoms with E-state index in [2.05, 4.69) is 10.4 Å². The summed E-state index contributed by atoms with van der Waals surface area (Å²) < 4.78 is 7.67. The summed E-state index contributed by atoms with van der Waals surface area (Å²) in [4.78, 5) is 12.0. The Morgan fingerprint density at radius 3 is 3.04 bits per heavy atom. The molecule has 1 atom stereocenters. The molecule has 4 rings (SSSR count). The molecule has 1 aromatic carbocycles. The Morgan fingerprint density at radius 2 is 2.22 bits per heavy atom. The molecule has 0 saturated heterocycles. The molecule has 0 unspecified atom stereocenters. The van der Waals surface area contributed by atoms with Crippen LogP contribution in [-0.2, 0) is 11.8 Å². The van der Waals surface area contributed by atoms with E-state index in [1.165, 1.54) is 0 Å². The van der Waals surface area contributed by atoms with E-state index in [1.54, 1.807) is 17.9 Å². The summed E-state index contributed by atoms with van der Waals surface area (Å²) in [6.07, 6.45) is 2.13. The molecule has 0 bridgehead atoms. The number of halogens is 1. The molecule has 0 fully saturated rings. The second kappa shape index (κ2) is 5.28. The van der Waals surface area contributed by atoms with E-state index in [-0.39, 0.29) is 11.8 Å². The van der Waals surface area contributed by atoms with Gasteiger partial charge in [0, 0.05) is 29.6 Å². The van der Waals surface area contributed by atoms with Crippen molar-refractivity contribution in [3.63, 3.8) is 0 Å². The van der Waals surface area contributed by atoms with E-state index in [4.69, 9.17) is 16.0 Å². The Hall–Kier alpha value is -2.53. The van der Waals surface area contributed by atoms with Gasteiger partial charge >= 0.3 is 0 Å². The summed E-state index contributed by atoms with van der Waals surface area (Å²) in [6, 6.07) is 11.3. The first-order chi connectivity index (χ1) is 11.1. The number of benzene rings is 1. The Kier molecular flexibility index (Phi) is 3.23. The smallest absolute Gasteiger partial charge is 0.226 e. The highest BCUT2D eigenvalue weighted by molar-refractivity contribution is 6.30. The number of nitrogens with zero attached hydrogens (tertiary/aromatic N) is 2. The Morgan fingerprint density at radius 1 is 1.35 bits per heavy atom. The molecule has 0 spiro atoms. The normalized spacial score (nSPS) is 17.0. The van der Waals surface area contributed by atoms with Crippen LogP contribution < -0.4 is 5.32 Å². The second-order valence-electron chi connectivity index (χ2n) is 5.59. The molecular weight excluding hydrogens is 314 g/mol. The number of anilines is 1. The monoisotopic (exact) mass is 327 g/mol. The number of hydrogen-bond acceptors (Lipinski definition) is 3. The molecule has 3 heterocycles. The van der Waals surface area contributed by atoms with Crippen molar-refractivity contribution in [1.29, 1.82) is 0 Å². The average Bonchev–Trinajstić information content (AvgIpc) is 3.15. The van der Waals surface area contributed by atoms with Crippen molar-refractivity contribution in [3.8, 4) is 11.3 Å². The molecule has 1 N–H and O–H groups in total. The second-order valence-corrected chi connectivity index (χ2v) is 6.03. The van der Waals surface area contributed by atoms with Gasteiger partial charge in [0.05, 0.1) is 12.1 Å². The first-order valence-corrected chi connectivity index (χ1v) is 7.67. The van der Waals surface area contributed by atoms with E-state index in [0.29, 0.717) is 11.4 Å². The van der Waals surface area contributed by atoms with Crippen LogP contribution in [0.15, 0.2) is 47.0 Å². The maximum absolute atomic E-state index is 12.0. The highest BCUT2D eigenvalue weighted by Gasteiger charge is 2.31. The Balaban J connectivity index is 1.73. The number of aromatic nitrogens is 2. The molecule has 23 heavy (non-hydrogen) atoms. The van der Waals surface area contributed by atoms with Crippen molar-refractivity contribution in [3.05, 3.63) is 58.9 Å². The number of fused-ring (bicyclic) bond motifs is 1. The van der Waals surface area contributed by atoms with Crippen LogP contribution >= 0.6 is 11.6 Å².